The molecule has 1 N–H and O–H groups in total. The highest BCUT2D eigenvalue weighted by atomic mass is 16.7. The Bertz CT molecular complexity index is 276. The molecule has 0 saturated carbocycles. The van der Waals surface area contributed by atoms with E-state index < -0.39 is 24.1 Å². The van der Waals surface area contributed by atoms with Crippen LogP contribution in [0.25, 0.3) is 0 Å². The number of aliphatic hydroxyl groups excluding tert-OH is 1. The number of carbonyl (C=O) groups excluding carboxylic acids is 1. The average Bonchev–Trinajstić information content (AvgIpc) is 2.58. The summed E-state index contributed by atoms with van der Waals surface area (Å²) in [6, 6.07) is 0. The maximum absolute atomic E-state index is 11.1. The second-order valence-electron chi connectivity index (χ2n) is 4.78. The summed E-state index contributed by atoms with van der Waals surface area (Å²) >= 11 is 0. The van der Waals surface area contributed by atoms with E-state index in [9.17, 15) is 9.90 Å². The smallest absolute Gasteiger partial charge is 0.306 e. The molecule has 2 rings (SSSR count). The fourth-order valence-corrected chi connectivity index (χ4v) is 2.10. The number of esters is 1. The van der Waals surface area contributed by atoms with Gasteiger partial charge in [0.2, 0.25) is 0 Å². The van der Waals surface area contributed by atoms with E-state index in [4.69, 9.17) is 14.2 Å². The lowest BCUT2D eigenvalue weighted by Crippen LogP contribution is -2.43. The quantitative estimate of drug-likeness (QED) is 0.703. The molecule has 0 amide bonds. The Hall–Kier alpha value is -0.650. The van der Waals surface area contributed by atoms with Crippen LogP contribution in [0.5, 0.6) is 0 Å². The van der Waals surface area contributed by atoms with Crippen molar-refractivity contribution in [2.45, 2.75) is 57.2 Å². The third-order valence-corrected chi connectivity index (χ3v) is 2.94. The summed E-state index contributed by atoms with van der Waals surface area (Å²) < 4.78 is 16.0. The van der Waals surface area contributed by atoms with Gasteiger partial charge in [0.05, 0.1) is 6.61 Å². The molecule has 0 spiro atoms. The zero-order valence-electron chi connectivity index (χ0n) is 9.64. The van der Waals surface area contributed by atoms with Gasteiger partial charge in [-0.15, -0.1) is 0 Å². The Balaban J connectivity index is 1.92. The van der Waals surface area contributed by atoms with E-state index >= 15 is 0 Å². The Morgan fingerprint density at radius 1 is 1.44 bits per heavy atom. The van der Waals surface area contributed by atoms with Gasteiger partial charge in [0.15, 0.2) is 5.79 Å². The molecule has 2 heterocycles. The zero-order chi connectivity index (χ0) is 11.8. The van der Waals surface area contributed by atoms with E-state index in [2.05, 4.69) is 0 Å². The maximum Gasteiger partial charge on any atom is 0.306 e. The van der Waals surface area contributed by atoms with Crippen LogP contribution in [0.1, 0.15) is 33.1 Å². The minimum absolute atomic E-state index is 0.242. The first-order valence-electron chi connectivity index (χ1n) is 5.67. The third-order valence-electron chi connectivity index (χ3n) is 2.94. The topological polar surface area (TPSA) is 65.0 Å². The zero-order valence-corrected chi connectivity index (χ0v) is 9.64. The van der Waals surface area contributed by atoms with Crippen molar-refractivity contribution in [3.8, 4) is 0 Å². The SMILES string of the molecule is CC1(C)OC[C@@H]([C@H](O)[C@H]2CCCC(=O)O2)O1. The fraction of sp³-hybridized carbons (Fsp3) is 0.909. The van der Waals surface area contributed by atoms with Gasteiger partial charge >= 0.3 is 5.97 Å². The summed E-state index contributed by atoms with van der Waals surface area (Å²) in [7, 11) is 0. The standard InChI is InChI=1S/C11H18O5/c1-11(2)14-6-8(16-11)10(13)7-4-3-5-9(12)15-7/h7-8,10,13H,3-6H2,1-2H3/t7-,8+,10-/m1/s1. The van der Waals surface area contributed by atoms with Crippen molar-refractivity contribution in [2.75, 3.05) is 6.61 Å². The van der Waals surface area contributed by atoms with E-state index in [0.29, 0.717) is 19.4 Å². The molecule has 5 nitrogen and oxygen atoms in total. The number of ether oxygens (including phenoxy) is 3. The van der Waals surface area contributed by atoms with Crippen molar-refractivity contribution >= 4 is 5.97 Å². The van der Waals surface area contributed by atoms with Crippen LogP contribution in [-0.4, -0.2) is 41.8 Å². The minimum atomic E-state index is -0.800. The Labute approximate surface area is 94.7 Å². The highest BCUT2D eigenvalue weighted by Crippen LogP contribution is 2.28. The van der Waals surface area contributed by atoms with Crippen LogP contribution in [0.4, 0.5) is 0 Å². The summed E-state index contributed by atoms with van der Waals surface area (Å²) in [6.07, 6.45) is 0.224. The molecule has 2 saturated heterocycles. The summed E-state index contributed by atoms with van der Waals surface area (Å²) in [4.78, 5) is 11.1. The maximum atomic E-state index is 11.1. The minimum Gasteiger partial charge on any atom is -0.459 e. The molecule has 2 aliphatic heterocycles. The Kier molecular flexibility index (Phi) is 3.19. The lowest BCUT2D eigenvalue weighted by molar-refractivity contribution is -0.179. The van der Waals surface area contributed by atoms with Crippen LogP contribution in [0.2, 0.25) is 0 Å². The molecule has 0 aliphatic carbocycles. The van der Waals surface area contributed by atoms with Crippen molar-refractivity contribution in [3.63, 3.8) is 0 Å². The highest BCUT2D eigenvalue weighted by molar-refractivity contribution is 5.70. The number of rotatable bonds is 2. The van der Waals surface area contributed by atoms with Gasteiger partial charge in [-0.3, -0.25) is 4.79 Å². The second-order valence-corrected chi connectivity index (χ2v) is 4.78. The van der Waals surface area contributed by atoms with Gasteiger partial charge < -0.3 is 19.3 Å². The first-order chi connectivity index (χ1) is 7.48. The predicted molar refractivity (Wildman–Crippen MR) is 54.6 cm³/mol. The molecule has 3 atom stereocenters. The van der Waals surface area contributed by atoms with Crippen LogP contribution >= 0.6 is 0 Å². The van der Waals surface area contributed by atoms with Crippen LogP contribution in [-0.2, 0) is 19.0 Å². The third kappa shape index (κ3) is 2.53. The van der Waals surface area contributed by atoms with Gasteiger partial charge in [-0.05, 0) is 26.7 Å². The summed E-state index contributed by atoms with van der Waals surface area (Å²) in [5, 5.41) is 10.0. The fourth-order valence-electron chi connectivity index (χ4n) is 2.10. The molecule has 0 aromatic carbocycles. The van der Waals surface area contributed by atoms with Crippen molar-refractivity contribution in [1.82, 2.24) is 0 Å². The van der Waals surface area contributed by atoms with Crippen molar-refractivity contribution < 1.29 is 24.1 Å². The first-order valence-corrected chi connectivity index (χ1v) is 5.67. The van der Waals surface area contributed by atoms with Gasteiger partial charge in [0.25, 0.3) is 0 Å². The molecule has 0 aromatic heterocycles. The number of hydrogen-bond acceptors (Lipinski definition) is 5. The van der Waals surface area contributed by atoms with Crippen LogP contribution in [0.15, 0.2) is 0 Å². The van der Waals surface area contributed by atoms with E-state index in [1.165, 1.54) is 0 Å². The summed E-state index contributed by atoms with van der Waals surface area (Å²) in [5.74, 6) is -0.905. The van der Waals surface area contributed by atoms with Crippen LogP contribution in [0.3, 0.4) is 0 Å². The lowest BCUT2D eigenvalue weighted by Gasteiger charge is -2.29. The molecular formula is C11H18O5. The predicted octanol–water partition coefficient (Wildman–Crippen LogP) is 0.595. The molecule has 16 heavy (non-hydrogen) atoms. The molecule has 5 heteroatoms. The normalized spacial score (nSPS) is 35.8. The largest absolute Gasteiger partial charge is 0.459 e. The lowest BCUT2D eigenvalue weighted by atomic mass is 10.0. The average molecular weight is 230 g/mol. The second kappa shape index (κ2) is 4.31. The number of cyclic esters (lactones) is 1. The highest BCUT2D eigenvalue weighted by Gasteiger charge is 2.41. The first kappa shape index (κ1) is 11.8. The summed E-state index contributed by atoms with van der Waals surface area (Å²) in [6.45, 7) is 3.93. The Morgan fingerprint density at radius 3 is 2.75 bits per heavy atom. The van der Waals surface area contributed by atoms with Crippen molar-refractivity contribution in [1.29, 1.82) is 0 Å². The van der Waals surface area contributed by atoms with E-state index in [0.717, 1.165) is 6.42 Å². The van der Waals surface area contributed by atoms with Crippen LogP contribution < -0.4 is 0 Å². The van der Waals surface area contributed by atoms with Gasteiger partial charge in [-0.1, -0.05) is 0 Å². The van der Waals surface area contributed by atoms with E-state index in [-0.39, 0.29) is 5.97 Å². The van der Waals surface area contributed by atoms with Gasteiger partial charge in [-0.25, -0.2) is 0 Å². The number of carbonyl (C=O) groups is 1. The van der Waals surface area contributed by atoms with Crippen LogP contribution in [0, 0.1) is 0 Å². The van der Waals surface area contributed by atoms with Gasteiger partial charge in [0.1, 0.15) is 18.3 Å². The molecule has 0 unspecified atom stereocenters. The van der Waals surface area contributed by atoms with Crippen molar-refractivity contribution in [3.05, 3.63) is 0 Å². The molecular weight excluding hydrogens is 212 g/mol. The number of hydrogen-bond donors (Lipinski definition) is 1. The molecule has 0 aromatic rings. The molecule has 2 fully saturated rings. The summed E-state index contributed by atoms with van der Waals surface area (Å²) in [5.41, 5.74) is 0. The van der Waals surface area contributed by atoms with Gasteiger partial charge in [-0.2, -0.15) is 0 Å². The van der Waals surface area contributed by atoms with E-state index in [1.54, 1.807) is 13.8 Å². The monoisotopic (exact) mass is 230 g/mol. The molecule has 0 radical (unpaired) electrons. The Morgan fingerprint density at radius 2 is 2.19 bits per heavy atom. The number of aliphatic hydroxyl groups is 1. The molecule has 0 bridgehead atoms. The van der Waals surface area contributed by atoms with E-state index in [1.807, 2.05) is 0 Å². The molecule has 92 valence electrons. The molecule has 2 aliphatic rings. The van der Waals surface area contributed by atoms with Crippen molar-refractivity contribution in [2.24, 2.45) is 0 Å². The van der Waals surface area contributed by atoms with Gasteiger partial charge in [0, 0.05) is 6.42 Å².